The van der Waals surface area contributed by atoms with Gasteiger partial charge < -0.3 is 9.64 Å². The third kappa shape index (κ3) is 7.29. The number of ether oxygens (including phenoxy) is 1. The predicted octanol–water partition coefficient (Wildman–Crippen LogP) is 8.88. The van der Waals surface area contributed by atoms with Gasteiger partial charge in [-0.2, -0.15) is 0 Å². The molecule has 0 N–H and O–H groups in total. The van der Waals surface area contributed by atoms with E-state index in [0.29, 0.717) is 24.2 Å². The first kappa shape index (κ1) is 33.0. The number of carbonyl (C=O) groups is 1. The second-order valence-corrected chi connectivity index (χ2v) is 14.1. The zero-order chi connectivity index (χ0) is 31.5. The van der Waals surface area contributed by atoms with Crippen molar-refractivity contribution in [1.82, 2.24) is 14.9 Å². The summed E-state index contributed by atoms with van der Waals surface area (Å²) in [5.41, 5.74) is 3.32. The Bertz CT molecular complexity index is 1340. The normalized spacial score (nSPS) is 21.5. The Balaban J connectivity index is 2.33. The summed E-state index contributed by atoms with van der Waals surface area (Å²) in [4.78, 5) is 26.1. The van der Waals surface area contributed by atoms with E-state index in [2.05, 4.69) is 65.8 Å². The number of hydrogen-bond donors (Lipinski definition) is 0. The van der Waals surface area contributed by atoms with Gasteiger partial charge in [-0.3, -0.25) is 14.8 Å². The van der Waals surface area contributed by atoms with E-state index >= 15 is 0 Å². The van der Waals surface area contributed by atoms with Crippen molar-refractivity contribution in [3.63, 3.8) is 0 Å². The molecule has 0 bridgehead atoms. The molecule has 3 rings (SSSR count). The second kappa shape index (κ2) is 12.8. The largest absolute Gasteiger partial charge is 0.491 e. The van der Waals surface area contributed by atoms with Gasteiger partial charge in [0.1, 0.15) is 16.9 Å². The molecule has 1 aromatic carbocycles. The van der Waals surface area contributed by atoms with Crippen LogP contribution in [-0.2, 0) is 10.2 Å². The highest BCUT2D eigenvalue weighted by Crippen LogP contribution is 2.53. The summed E-state index contributed by atoms with van der Waals surface area (Å²) in [6, 6.07) is 5.72. The molecule has 0 radical (unpaired) electrons. The summed E-state index contributed by atoms with van der Waals surface area (Å²) in [6.45, 7) is 30.1. The van der Waals surface area contributed by atoms with Crippen LogP contribution in [0.3, 0.4) is 0 Å². The average Bonchev–Trinajstić information content (AvgIpc) is 3.22. The summed E-state index contributed by atoms with van der Waals surface area (Å²) in [6.07, 6.45) is 14.4. The fourth-order valence-electron chi connectivity index (χ4n) is 6.38. The first-order valence-corrected chi connectivity index (χ1v) is 15.1. The molecule has 0 spiro atoms. The molecule has 5 nitrogen and oxygen atoms in total. The first-order valence-electron chi connectivity index (χ1n) is 15.1. The molecule has 2 aromatic rings. The van der Waals surface area contributed by atoms with E-state index in [1.165, 1.54) is 5.56 Å². The minimum absolute atomic E-state index is 0.0268. The number of nitrogens with zero attached hydrogens (tertiary/aromatic N) is 3. The number of carbonyl (C=O) groups excluding carboxylic acids is 1. The Morgan fingerprint density at radius 1 is 1.14 bits per heavy atom. The van der Waals surface area contributed by atoms with Crippen LogP contribution in [0.25, 0.3) is 0 Å². The number of likely N-dealkylation sites (tertiary alicyclic amines) is 1. The van der Waals surface area contributed by atoms with Crippen LogP contribution in [-0.4, -0.2) is 38.0 Å². The summed E-state index contributed by atoms with van der Waals surface area (Å²) in [5, 5.41) is 0. The Morgan fingerprint density at radius 3 is 2.36 bits per heavy atom. The van der Waals surface area contributed by atoms with Crippen molar-refractivity contribution in [2.75, 3.05) is 0 Å². The first-order chi connectivity index (χ1) is 19.5. The van der Waals surface area contributed by atoms with Crippen LogP contribution < -0.4 is 0 Å². The third-order valence-electron chi connectivity index (χ3n) is 7.83. The molecule has 2 heterocycles. The van der Waals surface area contributed by atoms with E-state index in [4.69, 9.17) is 9.72 Å². The highest BCUT2D eigenvalue weighted by atomic mass is 16.5. The highest BCUT2D eigenvalue weighted by molar-refractivity contribution is 5.96. The third-order valence-corrected chi connectivity index (χ3v) is 7.83. The molecule has 226 valence electrons. The maximum absolute atomic E-state index is 15.0. The predicted molar refractivity (Wildman–Crippen MR) is 174 cm³/mol. The van der Waals surface area contributed by atoms with Gasteiger partial charge in [-0.15, -0.1) is 0 Å². The topological polar surface area (TPSA) is 55.3 Å². The van der Waals surface area contributed by atoms with Crippen molar-refractivity contribution in [1.29, 1.82) is 0 Å². The van der Waals surface area contributed by atoms with Crippen molar-refractivity contribution in [2.45, 2.75) is 111 Å². The minimum atomic E-state index is -0.792. The van der Waals surface area contributed by atoms with Crippen molar-refractivity contribution < 1.29 is 9.53 Å². The monoisotopic (exact) mass is 569 g/mol. The molecule has 0 aliphatic carbocycles. The Kier molecular flexibility index (Phi) is 10.1. The molecule has 1 saturated heterocycles. The van der Waals surface area contributed by atoms with Gasteiger partial charge in [0, 0.05) is 30.1 Å². The molecule has 0 unspecified atom stereocenters. The van der Waals surface area contributed by atoms with Crippen molar-refractivity contribution in [2.24, 2.45) is 5.92 Å². The number of rotatable bonds is 9. The molecule has 3 atom stereocenters. The fourth-order valence-corrected chi connectivity index (χ4v) is 6.38. The van der Waals surface area contributed by atoms with Gasteiger partial charge in [0.25, 0.3) is 5.91 Å². The van der Waals surface area contributed by atoms with Crippen molar-refractivity contribution >= 4 is 5.91 Å². The van der Waals surface area contributed by atoms with Gasteiger partial charge in [0.15, 0.2) is 0 Å². The maximum atomic E-state index is 15.0. The number of allylic oxidation sites excluding steroid dienone is 3. The molecule has 0 saturated carbocycles. The number of aryl methyl sites for hydroxylation is 1. The quantitative estimate of drug-likeness (QED) is 0.224. The molecular weight excluding hydrogens is 518 g/mol. The van der Waals surface area contributed by atoms with E-state index in [-0.39, 0.29) is 29.2 Å². The molecule has 1 aliphatic rings. The molecule has 1 aliphatic heterocycles. The van der Waals surface area contributed by atoms with Gasteiger partial charge >= 0.3 is 0 Å². The zero-order valence-electron chi connectivity index (χ0n) is 27.5. The Labute approximate surface area is 254 Å². The summed E-state index contributed by atoms with van der Waals surface area (Å²) >= 11 is 0. The smallest absolute Gasteiger partial charge is 0.255 e. The summed E-state index contributed by atoms with van der Waals surface area (Å²) in [7, 11) is 0. The zero-order valence-corrected chi connectivity index (χ0v) is 27.5. The van der Waals surface area contributed by atoms with Crippen LogP contribution in [0.4, 0.5) is 0 Å². The average molecular weight is 570 g/mol. The van der Waals surface area contributed by atoms with Crippen LogP contribution in [0, 0.1) is 12.8 Å². The Hall–Kier alpha value is -3.47. The molecule has 1 amide bonds. The maximum Gasteiger partial charge on any atom is 0.255 e. The van der Waals surface area contributed by atoms with Crippen LogP contribution in [0.2, 0.25) is 0 Å². The number of amides is 1. The van der Waals surface area contributed by atoms with Crippen molar-refractivity contribution in [3.05, 3.63) is 108 Å². The molecule has 1 aromatic heterocycles. The van der Waals surface area contributed by atoms with Crippen molar-refractivity contribution in [3.8, 4) is 0 Å². The lowest BCUT2D eigenvalue weighted by atomic mass is 9.81. The van der Waals surface area contributed by atoms with E-state index in [0.717, 1.165) is 16.8 Å². The number of aromatic nitrogens is 2. The lowest BCUT2D eigenvalue weighted by Gasteiger charge is -2.45. The van der Waals surface area contributed by atoms with Gasteiger partial charge in [0.05, 0.1) is 11.7 Å². The number of hydrogen-bond acceptors (Lipinski definition) is 4. The summed E-state index contributed by atoms with van der Waals surface area (Å²) in [5.74, 6) is 0.648. The minimum Gasteiger partial charge on any atom is -0.491 e. The highest BCUT2D eigenvalue weighted by Gasteiger charge is 2.58. The van der Waals surface area contributed by atoms with Crippen LogP contribution in [0.5, 0.6) is 0 Å². The molecule has 42 heavy (non-hydrogen) atoms. The van der Waals surface area contributed by atoms with Gasteiger partial charge in [-0.1, -0.05) is 78.1 Å². The molecular formula is C37H51N3O2. The lowest BCUT2D eigenvalue weighted by Crippen LogP contribution is -2.54. The van der Waals surface area contributed by atoms with Gasteiger partial charge in [-0.05, 0) is 87.6 Å². The second-order valence-electron chi connectivity index (χ2n) is 14.1. The molecule has 5 heteroatoms. The number of benzene rings is 1. The van der Waals surface area contributed by atoms with Crippen LogP contribution >= 0.6 is 0 Å². The fraction of sp³-hybridized carbons (Fsp3) is 0.486. The van der Waals surface area contributed by atoms with E-state index in [9.17, 15) is 4.79 Å². The van der Waals surface area contributed by atoms with Crippen LogP contribution in [0.15, 0.2) is 85.6 Å². The van der Waals surface area contributed by atoms with E-state index < -0.39 is 11.1 Å². The summed E-state index contributed by atoms with van der Waals surface area (Å²) < 4.78 is 6.56. The van der Waals surface area contributed by atoms with E-state index in [1.54, 1.807) is 12.4 Å². The van der Waals surface area contributed by atoms with E-state index in [1.807, 2.05) is 75.2 Å². The van der Waals surface area contributed by atoms with Gasteiger partial charge in [-0.25, -0.2) is 0 Å². The molecule has 1 fully saturated rings. The SMILES string of the molecule is C=C(/C=C\C=C/C)[C@H]1[C@@H](c2cnccn2)C[C@@](CC(C)C)(C(=C)OC(C)(C)C)N1C(=O)c1ccc(C(C)(C)C)c(C)c1. The van der Waals surface area contributed by atoms with Crippen LogP contribution in [0.1, 0.15) is 108 Å². The standard InChI is InChI=1S/C37H51N3O2/c1-13-14-15-16-26(4)33-30(32-24-38-19-20-39-32)23-37(22-25(2)3,28(6)42-36(10,11)12)40(33)34(41)29-17-18-31(27(5)21-29)35(7,8)9/h13-21,24-25,30,33H,4,6,22-23H2,1-3,5,7-12H3/b14-13-,16-15-/t30-,33+,37+/m1/s1. The van der Waals surface area contributed by atoms with Gasteiger partial charge in [0.2, 0.25) is 0 Å². The Morgan fingerprint density at radius 2 is 1.83 bits per heavy atom. The lowest BCUT2D eigenvalue weighted by molar-refractivity contribution is -0.0101.